The maximum Gasteiger partial charge on any atom is 0.392 e. The van der Waals surface area contributed by atoms with E-state index in [9.17, 15) is 17.6 Å². The Bertz CT molecular complexity index is 429. The maximum atomic E-state index is 13.1. The summed E-state index contributed by atoms with van der Waals surface area (Å²) in [6.45, 7) is -0.0463. The molecule has 1 aliphatic rings. The van der Waals surface area contributed by atoms with Crippen LogP contribution in [0.5, 0.6) is 5.75 Å². The summed E-state index contributed by atoms with van der Waals surface area (Å²) in [5.74, 6) is -0.116. The van der Waals surface area contributed by atoms with Crippen molar-refractivity contribution in [2.75, 3.05) is 6.61 Å². The Kier molecular flexibility index (Phi) is 4.29. The number of halogens is 4. The summed E-state index contributed by atoms with van der Waals surface area (Å²) in [4.78, 5) is 0. The third kappa shape index (κ3) is 5.06. The first-order valence-corrected chi connectivity index (χ1v) is 6.15. The first-order chi connectivity index (χ1) is 8.94. The zero-order valence-electron chi connectivity index (χ0n) is 10.3. The molecule has 6 heteroatoms. The number of hydrogen-bond acceptors (Lipinski definition) is 2. The van der Waals surface area contributed by atoms with Crippen molar-refractivity contribution in [3.05, 3.63) is 29.6 Å². The standard InChI is InChI=1S/C13H15F4NO/c14-10-1-4-12(19-6-5-13(15,16)17)9(7-10)8-18-11-2-3-11/h1,4,7,11,18H,2-3,5-6,8H2. The Balaban J connectivity index is 1.93. The van der Waals surface area contributed by atoms with Gasteiger partial charge in [0.1, 0.15) is 11.6 Å². The monoisotopic (exact) mass is 277 g/mol. The second kappa shape index (κ2) is 5.77. The molecule has 1 fully saturated rings. The van der Waals surface area contributed by atoms with E-state index in [1.54, 1.807) is 0 Å². The number of rotatable bonds is 6. The average molecular weight is 277 g/mol. The third-order valence-corrected chi connectivity index (χ3v) is 2.82. The van der Waals surface area contributed by atoms with Gasteiger partial charge in [-0.1, -0.05) is 0 Å². The highest BCUT2D eigenvalue weighted by Gasteiger charge is 2.27. The van der Waals surface area contributed by atoms with Crippen LogP contribution in [0.25, 0.3) is 0 Å². The Morgan fingerprint density at radius 3 is 2.63 bits per heavy atom. The minimum absolute atomic E-state index is 0.304. The van der Waals surface area contributed by atoms with E-state index in [-0.39, 0.29) is 0 Å². The van der Waals surface area contributed by atoms with Gasteiger partial charge < -0.3 is 10.1 Å². The number of nitrogens with one attached hydrogen (secondary N) is 1. The van der Waals surface area contributed by atoms with Gasteiger partial charge in [-0.15, -0.1) is 0 Å². The molecule has 1 aromatic rings. The molecule has 19 heavy (non-hydrogen) atoms. The molecule has 0 heterocycles. The molecule has 0 amide bonds. The molecule has 0 atom stereocenters. The van der Waals surface area contributed by atoms with Crippen LogP contribution in [0.2, 0.25) is 0 Å². The van der Waals surface area contributed by atoms with Crippen molar-refractivity contribution in [3.63, 3.8) is 0 Å². The normalized spacial score (nSPS) is 15.6. The van der Waals surface area contributed by atoms with Crippen molar-refractivity contribution < 1.29 is 22.3 Å². The molecule has 0 bridgehead atoms. The summed E-state index contributed by atoms with van der Waals surface area (Å²) in [6, 6.07) is 4.28. The van der Waals surface area contributed by atoms with Gasteiger partial charge in [-0.25, -0.2) is 4.39 Å². The van der Waals surface area contributed by atoms with E-state index in [1.807, 2.05) is 0 Å². The maximum absolute atomic E-state index is 13.1. The molecule has 1 N–H and O–H groups in total. The zero-order valence-corrected chi connectivity index (χ0v) is 10.3. The second-order valence-corrected chi connectivity index (χ2v) is 4.62. The minimum atomic E-state index is -4.24. The molecular weight excluding hydrogens is 262 g/mol. The Hall–Kier alpha value is -1.30. The highest BCUT2D eigenvalue weighted by atomic mass is 19.4. The van der Waals surface area contributed by atoms with E-state index in [0.29, 0.717) is 23.9 Å². The summed E-state index contributed by atoms with van der Waals surface area (Å²) < 4.78 is 54.3. The van der Waals surface area contributed by atoms with Gasteiger partial charge in [-0.05, 0) is 31.0 Å². The van der Waals surface area contributed by atoms with Crippen LogP contribution in [-0.2, 0) is 6.54 Å². The first kappa shape index (κ1) is 14.1. The molecule has 2 nitrogen and oxygen atoms in total. The lowest BCUT2D eigenvalue weighted by atomic mass is 10.2. The number of benzene rings is 1. The second-order valence-electron chi connectivity index (χ2n) is 4.62. The van der Waals surface area contributed by atoms with Gasteiger partial charge in [-0.3, -0.25) is 0 Å². The molecule has 0 spiro atoms. The summed E-state index contributed by atoms with van der Waals surface area (Å²) in [5.41, 5.74) is 0.550. The first-order valence-electron chi connectivity index (χ1n) is 6.15. The fraction of sp³-hybridized carbons (Fsp3) is 0.538. The lowest BCUT2D eigenvalue weighted by molar-refractivity contribution is -0.139. The van der Waals surface area contributed by atoms with Crippen molar-refractivity contribution in [3.8, 4) is 5.75 Å². The summed E-state index contributed by atoms with van der Waals surface area (Å²) in [6.07, 6.45) is -3.09. The van der Waals surface area contributed by atoms with Gasteiger partial charge in [0.25, 0.3) is 0 Å². The van der Waals surface area contributed by atoms with Crippen LogP contribution in [0.15, 0.2) is 18.2 Å². The third-order valence-electron chi connectivity index (χ3n) is 2.82. The zero-order chi connectivity index (χ0) is 13.9. The molecule has 0 aliphatic heterocycles. The van der Waals surface area contributed by atoms with Crippen LogP contribution in [0.1, 0.15) is 24.8 Å². The number of ether oxygens (including phenoxy) is 1. The van der Waals surface area contributed by atoms with Gasteiger partial charge in [0.2, 0.25) is 0 Å². The summed E-state index contributed by atoms with van der Waals surface area (Å²) in [5, 5.41) is 3.18. The van der Waals surface area contributed by atoms with E-state index in [4.69, 9.17) is 4.74 Å². The van der Waals surface area contributed by atoms with Gasteiger partial charge in [0.15, 0.2) is 0 Å². The Labute approximate surface area is 108 Å². The average Bonchev–Trinajstić information content (AvgIpc) is 3.11. The van der Waals surface area contributed by atoms with E-state index in [2.05, 4.69) is 5.32 Å². The highest BCUT2D eigenvalue weighted by molar-refractivity contribution is 5.34. The largest absolute Gasteiger partial charge is 0.493 e. The molecule has 0 radical (unpaired) electrons. The molecule has 0 aromatic heterocycles. The minimum Gasteiger partial charge on any atom is -0.493 e. The number of hydrogen-bond donors (Lipinski definition) is 1. The van der Waals surface area contributed by atoms with E-state index < -0.39 is 25.0 Å². The predicted molar refractivity (Wildman–Crippen MR) is 62.4 cm³/mol. The predicted octanol–water partition coefficient (Wildman–Crippen LogP) is 3.41. The fourth-order valence-corrected chi connectivity index (χ4v) is 1.65. The van der Waals surface area contributed by atoms with E-state index in [1.165, 1.54) is 18.2 Å². The van der Waals surface area contributed by atoms with Crippen LogP contribution in [-0.4, -0.2) is 18.8 Å². The Morgan fingerprint density at radius 2 is 2.00 bits per heavy atom. The van der Waals surface area contributed by atoms with Crippen molar-refractivity contribution in [1.29, 1.82) is 0 Å². The van der Waals surface area contributed by atoms with E-state index >= 15 is 0 Å². The molecule has 1 aliphatic carbocycles. The van der Waals surface area contributed by atoms with Gasteiger partial charge in [0.05, 0.1) is 13.0 Å². The highest BCUT2D eigenvalue weighted by Crippen LogP contribution is 2.25. The fourth-order valence-electron chi connectivity index (χ4n) is 1.65. The molecule has 2 rings (SSSR count). The summed E-state index contributed by atoms with van der Waals surface area (Å²) in [7, 11) is 0. The van der Waals surface area contributed by atoms with E-state index in [0.717, 1.165) is 12.8 Å². The van der Waals surface area contributed by atoms with Crippen molar-refractivity contribution in [2.45, 2.75) is 38.0 Å². The van der Waals surface area contributed by atoms with Crippen LogP contribution >= 0.6 is 0 Å². The Morgan fingerprint density at radius 1 is 1.26 bits per heavy atom. The topological polar surface area (TPSA) is 21.3 Å². The molecule has 1 saturated carbocycles. The molecular formula is C13H15F4NO. The quantitative estimate of drug-likeness (QED) is 0.805. The van der Waals surface area contributed by atoms with Crippen molar-refractivity contribution >= 4 is 0 Å². The van der Waals surface area contributed by atoms with Crippen LogP contribution < -0.4 is 10.1 Å². The van der Waals surface area contributed by atoms with Gasteiger partial charge in [0, 0.05) is 18.2 Å². The SMILES string of the molecule is Fc1ccc(OCCC(F)(F)F)c(CNC2CC2)c1. The van der Waals surface area contributed by atoms with Crippen molar-refractivity contribution in [2.24, 2.45) is 0 Å². The van der Waals surface area contributed by atoms with Crippen LogP contribution in [0.4, 0.5) is 17.6 Å². The lowest BCUT2D eigenvalue weighted by Crippen LogP contribution is -2.17. The molecule has 1 aromatic carbocycles. The summed E-state index contributed by atoms with van der Waals surface area (Å²) >= 11 is 0. The molecule has 106 valence electrons. The number of alkyl halides is 3. The van der Waals surface area contributed by atoms with Crippen LogP contribution in [0.3, 0.4) is 0 Å². The van der Waals surface area contributed by atoms with Gasteiger partial charge >= 0.3 is 6.18 Å². The van der Waals surface area contributed by atoms with Crippen LogP contribution in [0, 0.1) is 5.82 Å². The molecule has 0 unspecified atom stereocenters. The van der Waals surface area contributed by atoms with Gasteiger partial charge in [-0.2, -0.15) is 13.2 Å². The van der Waals surface area contributed by atoms with Crippen molar-refractivity contribution in [1.82, 2.24) is 5.32 Å². The smallest absolute Gasteiger partial charge is 0.392 e. The lowest BCUT2D eigenvalue weighted by Gasteiger charge is -2.13. The molecule has 0 saturated heterocycles.